The molecule has 40 heavy (non-hydrogen) atoms. The van der Waals surface area contributed by atoms with Crippen molar-refractivity contribution in [2.24, 2.45) is 0 Å². The van der Waals surface area contributed by atoms with Crippen molar-refractivity contribution in [3.05, 3.63) is 119 Å². The Morgan fingerprint density at radius 3 is 2.00 bits per heavy atom. The number of carbonyl (C=O) groups excluding carboxylic acids is 1. The first kappa shape index (κ1) is 28.8. The first-order valence-electron chi connectivity index (χ1n) is 12.5. The maximum atomic E-state index is 12.8. The number of nitrogens with zero attached hydrogens (tertiary/aromatic N) is 1. The van der Waals surface area contributed by atoms with Crippen LogP contribution < -0.4 is 14.3 Å². The number of rotatable bonds is 9. The molecule has 4 aromatic rings. The van der Waals surface area contributed by atoms with Crippen LogP contribution in [-0.2, 0) is 26.6 Å². The van der Waals surface area contributed by atoms with E-state index in [-0.39, 0.29) is 17.3 Å². The molecule has 4 rings (SSSR count). The molecule has 0 aromatic heterocycles. The number of benzene rings is 4. The van der Waals surface area contributed by atoms with Crippen LogP contribution in [0.2, 0.25) is 0 Å². The maximum Gasteiger partial charge on any atom is 0.261 e. The second-order valence-corrected chi connectivity index (χ2v) is 13.3. The monoisotopic (exact) mass is 577 g/mol. The molecular formula is C30H31N3O5S2. The van der Waals surface area contributed by atoms with Gasteiger partial charge in [0.25, 0.3) is 15.9 Å². The summed E-state index contributed by atoms with van der Waals surface area (Å²) in [4.78, 5) is 12.9. The van der Waals surface area contributed by atoms with Gasteiger partial charge in [-0.1, -0.05) is 30.3 Å². The van der Waals surface area contributed by atoms with E-state index in [9.17, 15) is 21.6 Å². The number of aryl methyl sites for hydroxylation is 3. The molecule has 0 aliphatic heterocycles. The zero-order valence-corrected chi connectivity index (χ0v) is 24.3. The van der Waals surface area contributed by atoms with Crippen LogP contribution in [0.3, 0.4) is 0 Å². The van der Waals surface area contributed by atoms with Crippen LogP contribution in [0.25, 0.3) is 0 Å². The van der Waals surface area contributed by atoms with Gasteiger partial charge in [0.2, 0.25) is 10.0 Å². The average Bonchev–Trinajstić information content (AvgIpc) is 2.89. The van der Waals surface area contributed by atoms with E-state index in [2.05, 4.69) is 10.0 Å². The number of hydrogen-bond donors (Lipinski definition) is 2. The molecule has 0 fully saturated rings. The topological polar surface area (TPSA) is 113 Å². The predicted octanol–water partition coefficient (Wildman–Crippen LogP) is 5.63. The highest BCUT2D eigenvalue weighted by atomic mass is 32.2. The van der Waals surface area contributed by atoms with E-state index in [1.807, 2.05) is 32.9 Å². The Bertz CT molecular complexity index is 1750. The highest BCUT2D eigenvalue weighted by Gasteiger charge is 2.19. The Balaban J connectivity index is 1.42. The number of amides is 1. The minimum Gasteiger partial charge on any atom is -0.322 e. The lowest BCUT2D eigenvalue weighted by Gasteiger charge is -2.23. The molecule has 8 nitrogen and oxygen atoms in total. The molecule has 10 heteroatoms. The van der Waals surface area contributed by atoms with Gasteiger partial charge in [-0.25, -0.2) is 16.8 Å². The molecule has 0 bridgehead atoms. The summed E-state index contributed by atoms with van der Waals surface area (Å²) in [7, 11) is -7.33. The lowest BCUT2D eigenvalue weighted by Crippen LogP contribution is -2.29. The molecule has 0 saturated heterocycles. The van der Waals surface area contributed by atoms with Gasteiger partial charge in [0, 0.05) is 16.9 Å². The molecule has 4 aromatic carbocycles. The van der Waals surface area contributed by atoms with Gasteiger partial charge < -0.3 is 5.32 Å². The molecule has 0 radical (unpaired) electrons. The molecule has 0 unspecified atom stereocenters. The fourth-order valence-electron chi connectivity index (χ4n) is 4.05. The lowest BCUT2D eigenvalue weighted by atomic mass is 10.1. The van der Waals surface area contributed by atoms with Crippen LogP contribution in [-0.4, -0.2) is 29.0 Å². The molecular weight excluding hydrogens is 546 g/mol. The van der Waals surface area contributed by atoms with Crippen LogP contribution in [0.5, 0.6) is 0 Å². The minimum absolute atomic E-state index is 0.0668. The Labute approximate surface area is 235 Å². The van der Waals surface area contributed by atoms with Crippen molar-refractivity contribution < 1.29 is 21.6 Å². The number of hydrogen-bond acceptors (Lipinski definition) is 5. The second-order valence-electron chi connectivity index (χ2n) is 9.69. The van der Waals surface area contributed by atoms with Gasteiger partial charge in [-0.15, -0.1) is 0 Å². The van der Waals surface area contributed by atoms with Crippen molar-refractivity contribution in [2.45, 2.75) is 32.2 Å². The van der Waals surface area contributed by atoms with Crippen molar-refractivity contribution in [1.82, 2.24) is 0 Å². The van der Waals surface area contributed by atoms with Crippen molar-refractivity contribution in [3.63, 3.8) is 0 Å². The van der Waals surface area contributed by atoms with E-state index >= 15 is 0 Å². The van der Waals surface area contributed by atoms with Crippen molar-refractivity contribution >= 4 is 43.0 Å². The third-order valence-electron chi connectivity index (χ3n) is 6.41. The maximum absolute atomic E-state index is 12.8. The fraction of sp³-hybridized carbons (Fsp3) is 0.167. The highest BCUT2D eigenvalue weighted by molar-refractivity contribution is 7.92. The Morgan fingerprint density at radius 2 is 1.40 bits per heavy atom. The number of carbonyl (C=O) groups is 1. The van der Waals surface area contributed by atoms with Crippen molar-refractivity contribution in [1.29, 1.82) is 0 Å². The molecule has 0 spiro atoms. The van der Waals surface area contributed by atoms with Crippen LogP contribution >= 0.6 is 0 Å². The van der Waals surface area contributed by atoms with Gasteiger partial charge >= 0.3 is 0 Å². The van der Waals surface area contributed by atoms with Crippen molar-refractivity contribution in [2.75, 3.05) is 20.6 Å². The minimum atomic E-state index is -3.80. The first-order valence-corrected chi connectivity index (χ1v) is 15.8. The summed E-state index contributed by atoms with van der Waals surface area (Å²) in [6, 6.07) is 25.1. The largest absolute Gasteiger partial charge is 0.322 e. The van der Waals surface area contributed by atoms with E-state index in [0.29, 0.717) is 28.2 Å². The molecule has 0 atom stereocenters. The summed E-state index contributed by atoms with van der Waals surface area (Å²) in [5.41, 5.74) is 5.55. The molecule has 0 aliphatic rings. The van der Waals surface area contributed by atoms with Crippen LogP contribution in [0.1, 0.15) is 32.6 Å². The predicted molar refractivity (Wildman–Crippen MR) is 160 cm³/mol. The second kappa shape index (κ2) is 11.5. The zero-order valence-electron chi connectivity index (χ0n) is 22.7. The standard InChI is InChI=1S/C30H31N3O5S2/c1-21-6-5-7-28(18-21)33(39(4,35)36)20-24-9-11-25(12-10-24)30(34)31-26-14-16-29(17-15-26)40(37,38)32-27-13-8-22(2)23(3)19-27/h5-19,32H,20H2,1-4H3,(H,31,34). The van der Waals surface area contributed by atoms with Crippen LogP contribution in [0.15, 0.2) is 95.9 Å². The SMILES string of the molecule is Cc1cccc(N(Cc2ccc(C(=O)Nc3ccc(S(=O)(=O)Nc4ccc(C)c(C)c4)cc3)cc2)S(C)(=O)=O)c1. The molecule has 0 aliphatic carbocycles. The van der Waals surface area contributed by atoms with Gasteiger partial charge in [0.1, 0.15) is 0 Å². The molecule has 0 saturated carbocycles. The van der Waals surface area contributed by atoms with E-state index in [4.69, 9.17) is 0 Å². The number of nitrogens with one attached hydrogen (secondary N) is 2. The van der Waals surface area contributed by atoms with Crippen LogP contribution in [0.4, 0.5) is 17.1 Å². The Hall–Kier alpha value is -4.15. The molecule has 0 heterocycles. The molecule has 2 N–H and O–H groups in total. The summed E-state index contributed by atoms with van der Waals surface area (Å²) in [5, 5.41) is 2.76. The molecule has 1 amide bonds. The highest BCUT2D eigenvalue weighted by Crippen LogP contribution is 2.23. The van der Waals surface area contributed by atoms with E-state index in [1.165, 1.54) is 28.6 Å². The summed E-state index contributed by atoms with van der Waals surface area (Å²) >= 11 is 0. The van der Waals surface area contributed by atoms with Gasteiger partial charge in [-0.05, 0) is 104 Å². The van der Waals surface area contributed by atoms with Gasteiger partial charge in [-0.3, -0.25) is 13.8 Å². The molecule has 208 valence electrons. The summed E-state index contributed by atoms with van der Waals surface area (Å²) in [6.45, 7) is 5.88. The summed E-state index contributed by atoms with van der Waals surface area (Å²) in [6.07, 6.45) is 1.16. The summed E-state index contributed by atoms with van der Waals surface area (Å²) in [5.74, 6) is -0.380. The summed E-state index contributed by atoms with van der Waals surface area (Å²) < 4.78 is 54.4. The van der Waals surface area contributed by atoms with E-state index in [0.717, 1.165) is 22.9 Å². The Morgan fingerprint density at radius 1 is 0.750 bits per heavy atom. The zero-order chi connectivity index (χ0) is 29.1. The first-order chi connectivity index (χ1) is 18.8. The normalized spacial score (nSPS) is 11.6. The third-order valence-corrected chi connectivity index (χ3v) is 8.95. The van der Waals surface area contributed by atoms with Gasteiger partial charge in [-0.2, -0.15) is 0 Å². The smallest absolute Gasteiger partial charge is 0.261 e. The fourth-order valence-corrected chi connectivity index (χ4v) is 5.98. The number of sulfonamides is 2. The van der Waals surface area contributed by atoms with Crippen LogP contribution in [0, 0.1) is 20.8 Å². The lowest BCUT2D eigenvalue weighted by molar-refractivity contribution is 0.102. The number of anilines is 3. The quantitative estimate of drug-likeness (QED) is 0.268. The van der Waals surface area contributed by atoms with Gasteiger partial charge in [0.15, 0.2) is 0 Å². The average molecular weight is 578 g/mol. The Kier molecular flexibility index (Phi) is 8.32. The van der Waals surface area contributed by atoms with Gasteiger partial charge in [0.05, 0.1) is 23.4 Å². The third kappa shape index (κ3) is 7.08. The van der Waals surface area contributed by atoms with Crippen molar-refractivity contribution in [3.8, 4) is 0 Å². The van der Waals surface area contributed by atoms with E-state index in [1.54, 1.807) is 54.6 Å². The van der Waals surface area contributed by atoms with E-state index < -0.39 is 20.0 Å².